The maximum Gasteiger partial charge on any atom is 0.251 e. The summed E-state index contributed by atoms with van der Waals surface area (Å²) >= 11 is 0. The van der Waals surface area contributed by atoms with Crippen LogP contribution in [0.4, 0.5) is 0 Å². The number of hydrogen-bond acceptors (Lipinski definition) is 3. The van der Waals surface area contributed by atoms with Gasteiger partial charge in [0.2, 0.25) is 0 Å². The lowest BCUT2D eigenvalue weighted by atomic mass is 10.1. The Balaban J connectivity index is 2.44. The predicted octanol–water partition coefficient (Wildman–Crippen LogP) is 0.903. The zero-order chi connectivity index (χ0) is 13.5. The van der Waals surface area contributed by atoms with E-state index in [1.54, 1.807) is 25.4 Å². The maximum atomic E-state index is 11.3. The first-order valence-corrected chi connectivity index (χ1v) is 7.50. The third-order valence-electron chi connectivity index (χ3n) is 2.77. The molecule has 0 spiro atoms. The molecule has 0 saturated heterocycles. The second-order valence-electron chi connectivity index (χ2n) is 4.22. The molecule has 18 heavy (non-hydrogen) atoms. The van der Waals surface area contributed by atoms with Crippen molar-refractivity contribution in [2.45, 2.75) is 18.7 Å². The quantitative estimate of drug-likeness (QED) is 0.806. The van der Waals surface area contributed by atoms with Crippen molar-refractivity contribution in [3.05, 3.63) is 35.4 Å². The highest BCUT2D eigenvalue weighted by atomic mass is 32.2. The lowest BCUT2D eigenvalue weighted by molar-refractivity contribution is 0.0963. The molecule has 5 heteroatoms. The minimum absolute atomic E-state index is 0.0792. The molecule has 0 heterocycles. The minimum Gasteiger partial charge on any atom is -0.355 e. The molecule has 0 aromatic heterocycles. The Morgan fingerprint density at radius 1 is 1.33 bits per heavy atom. The third-order valence-corrected chi connectivity index (χ3v) is 4.07. The molecule has 2 atom stereocenters. The van der Waals surface area contributed by atoms with E-state index in [0.717, 1.165) is 18.7 Å². The maximum absolute atomic E-state index is 11.3. The highest BCUT2D eigenvalue weighted by molar-refractivity contribution is 7.84. The van der Waals surface area contributed by atoms with Gasteiger partial charge in [-0.2, -0.15) is 0 Å². The first-order valence-electron chi connectivity index (χ1n) is 5.88. The van der Waals surface area contributed by atoms with Crippen molar-refractivity contribution in [1.29, 1.82) is 0 Å². The molecule has 0 fully saturated rings. The molecule has 0 aliphatic heterocycles. The van der Waals surface area contributed by atoms with E-state index in [9.17, 15) is 9.00 Å². The Hall–Kier alpha value is -1.20. The Morgan fingerprint density at radius 3 is 2.44 bits per heavy atom. The van der Waals surface area contributed by atoms with E-state index in [4.69, 9.17) is 0 Å². The van der Waals surface area contributed by atoms with Gasteiger partial charge in [0, 0.05) is 48.0 Å². The summed E-state index contributed by atoms with van der Waals surface area (Å²) in [5.74, 6) is -0.0792. The molecular formula is C13H20N2O2S. The lowest BCUT2D eigenvalue weighted by Crippen LogP contribution is -2.27. The second kappa shape index (κ2) is 7.28. The molecule has 1 rings (SSSR count). The number of benzene rings is 1. The van der Waals surface area contributed by atoms with Gasteiger partial charge < -0.3 is 10.6 Å². The Labute approximate surface area is 111 Å². The van der Waals surface area contributed by atoms with Crippen LogP contribution < -0.4 is 10.6 Å². The molecule has 1 amide bonds. The highest BCUT2D eigenvalue weighted by Gasteiger charge is 2.05. The number of carbonyl (C=O) groups is 1. The van der Waals surface area contributed by atoms with Crippen LogP contribution in [0.15, 0.2) is 24.3 Å². The van der Waals surface area contributed by atoms with Crippen molar-refractivity contribution in [1.82, 2.24) is 10.6 Å². The highest BCUT2D eigenvalue weighted by Crippen LogP contribution is 2.04. The number of rotatable bonds is 6. The first kappa shape index (κ1) is 14.9. The summed E-state index contributed by atoms with van der Waals surface area (Å²) in [4.78, 5) is 11.3. The van der Waals surface area contributed by atoms with Gasteiger partial charge in [0.1, 0.15) is 0 Å². The van der Waals surface area contributed by atoms with Crippen LogP contribution >= 0.6 is 0 Å². The summed E-state index contributed by atoms with van der Waals surface area (Å²) in [7, 11) is 0.820. The van der Waals surface area contributed by atoms with Crippen LogP contribution in [-0.4, -0.2) is 35.2 Å². The van der Waals surface area contributed by atoms with Crippen molar-refractivity contribution in [3.63, 3.8) is 0 Å². The molecule has 0 saturated carbocycles. The van der Waals surface area contributed by atoms with Crippen molar-refractivity contribution in [2.24, 2.45) is 0 Å². The number of amides is 1. The number of carbonyl (C=O) groups excluding carboxylic acids is 1. The second-order valence-corrected chi connectivity index (χ2v) is 6.02. The summed E-state index contributed by atoms with van der Waals surface area (Å²) < 4.78 is 11.2. The Bertz CT molecular complexity index is 418. The molecule has 0 aliphatic carbocycles. The van der Waals surface area contributed by atoms with E-state index in [-0.39, 0.29) is 11.2 Å². The molecule has 0 radical (unpaired) electrons. The SMILES string of the molecule is CNC(=O)c1ccc(CNCC(C)S(C)=O)cc1. The largest absolute Gasteiger partial charge is 0.355 e. The molecule has 4 nitrogen and oxygen atoms in total. The molecule has 2 unspecified atom stereocenters. The van der Waals surface area contributed by atoms with Gasteiger partial charge in [0.15, 0.2) is 0 Å². The van der Waals surface area contributed by atoms with Gasteiger partial charge in [-0.1, -0.05) is 12.1 Å². The average Bonchev–Trinajstić information content (AvgIpc) is 2.38. The van der Waals surface area contributed by atoms with E-state index in [1.807, 2.05) is 19.1 Å². The van der Waals surface area contributed by atoms with Gasteiger partial charge >= 0.3 is 0 Å². The minimum atomic E-state index is -0.795. The smallest absolute Gasteiger partial charge is 0.251 e. The summed E-state index contributed by atoms with van der Waals surface area (Å²) in [6.45, 7) is 3.40. The Kier molecular flexibility index (Phi) is 6.01. The first-order chi connectivity index (χ1) is 8.54. The van der Waals surface area contributed by atoms with Gasteiger partial charge in [0.05, 0.1) is 0 Å². The summed E-state index contributed by atoms with van der Waals surface area (Å²) in [6, 6.07) is 7.45. The van der Waals surface area contributed by atoms with E-state index in [0.29, 0.717) is 5.56 Å². The van der Waals surface area contributed by atoms with Gasteiger partial charge in [-0.3, -0.25) is 9.00 Å². The Morgan fingerprint density at radius 2 is 1.94 bits per heavy atom. The summed E-state index contributed by atoms with van der Waals surface area (Å²) in [6.07, 6.45) is 1.71. The zero-order valence-electron chi connectivity index (χ0n) is 11.0. The molecule has 0 aliphatic rings. The normalized spacial score (nSPS) is 13.9. The standard InChI is InChI=1S/C13H20N2O2S/c1-10(18(3)17)8-15-9-11-4-6-12(7-5-11)13(16)14-2/h4-7,10,15H,8-9H2,1-3H3,(H,14,16). The van der Waals surface area contributed by atoms with Crippen LogP contribution in [-0.2, 0) is 17.3 Å². The predicted molar refractivity (Wildman–Crippen MR) is 75.1 cm³/mol. The van der Waals surface area contributed by atoms with Crippen LogP contribution in [0.25, 0.3) is 0 Å². The van der Waals surface area contributed by atoms with Gasteiger partial charge in [-0.15, -0.1) is 0 Å². The van der Waals surface area contributed by atoms with Crippen molar-refractivity contribution < 1.29 is 9.00 Å². The summed E-state index contributed by atoms with van der Waals surface area (Å²) in [5, 5.41) is 5.98. The zero-order valence-corrected chi connectivity index (χ0v) is 11.8. The van der Waals surface area contributed by atoms with Crippen molar-refractivity contribution >= 4 is 16.7 Å². The average molecular weight is 268 g/mol. The van der Waals surface area contributed by atoms with Crippen molar-refractivity contribution in [2.75, 3.05) is 19.8 Å². The van der Waals surface area contributed by atoms with Crippen LogP contribution in [0.5, 0.6) is 0 Å². The number of nitrogens with one attached hydrogen (secondary N) is 2. The van der Waals surface area contributed by atoms with E-state index >= 15 is 0 Å². The van der Waals surface area contributed by atoms with Crippen LogP contribution in [0, 0.1) is 0 Å². The summed E-state index contributed by atoms with van der Waals surface area (Å²) in [5.41, 5.74) is 1.76. The fraction of sp³-hybridized carbons (Fsp3) is 0.462. The lowest BCUT2D eigenvalue weighted by Gasteiger charge is -2.10. The van der Waals surface area contributed by atoms with Crippen molar-refractivity contribution in [3.8, 4) is 0 Å². The molecule has 1 aromatic rings. The molecule has 2 N–H and O–H groups in total. The van der Waals surface area contributed by atoms with Crippen LogP contribution in [0.3, 0.4) is 0 Å². The van der Waals surface area contributed by atoms with Crippen LogP contribution in [0.1, 0.15) is 22.8 Å². The fourth-order valence-corrected chi connectivity index (χ4v) is 1.81. The number of hydrogen-bond donors (Lipinski definition) is 2. The van der Waals surface area contributed by atoms with Gasteiger partial charge in [-0.05, 0) is 24.6 Å². The molecular weight excluding hydrogens is 248 g/mol. The van der Waals surface area contributed by atoms with E-state index < -0.39 is 10.8 Å². The topological polar surface area (TPSA) is 58.2 Å². The third kappa shape index (κ3) is 4.58. The molecule has 0 bridgehead atoms. The fourth-order valence-electron chi connectivity index (χ4n) is 1.46. The molecule has 100 valence electrons. The van der Waals surface area contributed by atoms with E-state index in [1.165, 1.54) is 0 Å². The van der Waals surface area contributed by atoms with Gasteiger partial charge in [-0.25, -0.2) is 0 Å². The van der Waals surface area contributed by atoms with Crippen LogP contribution in [0.2, 0.25) is 0 Å². The monoisotopic (exact) mass is 268 g/mol. The molecule has 1 aromatic carbocycles. The van der Waals surface area contributed by atoms with E-state index in [2.05, 4.69) is 10.6 Å². The van der Waals surface area contributed by atoms with Gasteiger partial charge in [0.25, 0.3) is 5.91 Å².